The van der Waals surface area contributed by atoms with Crippen LogP contribution in [0.15, 0.2) is 34.8 Å². The molecule has 18 heavy (non-hydrogen) atoms. The Morgan fingerprint density at radius 2 is 2.22 bits per heavy atom. The van der Waals surface area contributed by atoms with Crippen LogP contribution in [0, 0.1) is 0 Å². The fourth-order valence-corrected chi connectivity index (χ4v) is 2.48. The van der Waals surface area contributed by atoms with Gasteiger partial charge in [0.25, 0.3) is 0 Å². The van der Waals surface area contributed by atoms with Crippen molar-refractivity contribution >= 4 is 15.9 Å². The van der Waals surface area contributed by atoms with Gasteiger partial charge in [-0.15, -0.1) is 6.58 Å². The number of allylic oxidation sites excluding steroid dienone is 1. The van der Waals surface area contributed by atoms with E-state index in [9.17, 15) is 0 Å². The Kier molecular flexibility index (Phi) is 6.44. The van der Waals surface area contributed by atoms with E-state index in [0.29, 0.717) is 6.04 Å². The van der Waals surface area contributed by atoms with E-state index in [1.165, 1.54) is 11.1 Å². The largest absolute Gasteiger partial charge is 0.496 e. The Bertz CT molecular complexity index is 403. The molecule has 1 rings (SSSR count). The maximum absolute atomic E-state index is 5.26. The molecular formula is C15H22BrNO. The van der Waals surface area contributed by atoms with E-state index in [2.05, 4.69) is 53.8 Å². The van der Waals surface area contributed by atoms with Crippen molar-refractivity contribution in [3.8, 4) is 5.75 Å². The first-order valence-corrected chi connectivity index (χ1v) is 7.09. The Labute approximate surface area is 119 Å². The highest BCUT2D eigenvalue weighted by molar-refractivity contribution is 9.10. The lowest BCUT2D eigenvalue weighted by Crippen LogP contribution is -2.21. The van der Waals surface area contributed by atoms with Gasteiger partial charge in [-0.3, -0.25) is 0 Å². The summed E-state index contributed by atoms with van der Waals surface area (Å²) in [5.41, 5.74) is 2.51. The second-order valence-electron chi connectivity index (χ2n) is 4.50. The molecule has 0 spiro atoms. The molecule has 0 fully saturated rings. The molecule has 2 nitrogen and oxygen atoms in total. The molecule has 1 aromatic carbocycles. The van der Waals surface area contributed by atoms with Gasteiger partial charge in [0, 0.05) is 6.04 Å². The summed E-state index contributed by atoms with van der Waals surface area (Å²) in [6.45, 7) is 9.14. The van der Waals surface area contributed by atoms with Crippen molar-refractivity contribution in [2.75, 3.05) is 13.7 Å². The number of benzene rings is 1. The Morgan fingerprint density at radius 1 is 1.50 bits per heavy atom. The maximum Gasteiger partial charge on any atom is 0.133 e. The average Bonchev–Trinajstić information content (AvgIpc) is 2.34. The summed E-state index contributed by atoms with van der Waals surface area (Å²) >= 11 is 3.54. The van der Waals surface area contributed by atoms with Gasteiger partial charge in [0.05, 0.1) is 11.6 Å². The third-order valence-corrected chi connectivity index (χ3v) is 3.51. The molecule has 0 amide bonds. The number of halogens is 1. The van der Waals surface area contributed by atoms with Crippen molar-refractivity contribution in [1.29, 1.82) is 0 Å². The van der Waals surface area contributed by atoms with Gasteiger partial charge in [0.2, 0.25) is 0 Å². The van der Waals surface area contributed by atoms with Crippen LogP contribution < -0.4 is 10.1 Å². The standard InChI is InChI=1S/C15H22BrNO/c1-5-17-14(8-6-11(2)3)12-7-9-15(18-4)13(16)10-12/h7,9-10,14,17H,2,5-6,8H2,1,3-4H3. The zero-order chi connectivity index (χ0) is 13.5. The molecule has 1 unspecified atom stereocenters. The van der Waals surface area contributed by atoms with Crippen molar-refractivity contribution in [1.82, 2.24) is 5.32 Å². The topological polar surface area (TPSA) is 21.3 Å². The first-order chi connectivity index (χ1) is 8.58. The summed E-state index contributed by atoms with van der Waals surface area (Å²) in [4.78, 5) is 0. The Hall–Kier alpha value is -0.800. The van der Waals surface area contributed by atoms with Crippen LogP contribution in [-0.4, -0.2) is 13.7 Å². The number of ether oxygens (including phenoxy) is 1. The van der Waals surface area contributed by atoms with Gasteiger partial charge in [-0.25, -0.2) is 0 Å². The van der Waals surface area contributed by atoms with Gasteiger partial charge in [-0.1, -0.05) is 18.6 Å². The number of hydrogen-bond acceptors (Lipinski definition) is 2. The lowest BCUT2D eigenvalue weighted by Gasteiger charge is -2.19. The van der Waals surface area contributed by atoms with Gasteiger partial charge < -0.3 is 10.1 Å². The summed E-state index contributed by atoms with van der Waals surface area (Å²) in [6, 6.07) is 6.62. The fraction of sp³-hybridized carbons (Fsp3) is 0.467. The molecule has 0 aliphatic heterocycles. The van der Waals surface area contributed by atoms with Crippen LogP contribution in [0.2, 0.25) is 0 Å². The van der Waals surface area contributed by atoms with Gasteiger partial charge >= 0.3 is 0 Å². The number of nitrogens with one attached hydrogen (secondary N) is 1. The average molecular weight is 312 g/mol. The van der Waals surface area contributed by atoms with Crippen molar-refractivity contribution in [2.45, 2.75) is 32.7 Å². The van der Waals surface area contributed by atoms with E-state index in [1.54, 1.807) is 7.11 Å². The Balaban J connectivity index is 2.84. The van der Waals surface area contributed by atoms with E-state index in [0.717, 1.165) is 29.6 Å². The summed E-state index contributed by atoms with van der Waals surface area (Å²) in [5, 5.41) is 3.52. The minimum absolute atomic E-state index is 0.369. The van der Waals surface area contributed by atoms with Crippen LogP contribution in [0.4, 0.5) is 0 Å². The molecule has 0 saturated carbocycles. The van der Waals surface area contributed by atoms with Gasteiger partial charge in [0.1, 0.15) is 5.75 Å². The quantitative estimate of drug-likeness (QED) is 0.750. The van der Waals surface area contributed by atoms with E-state index < -0.39 is 0 Å². The molecule has 1 atom stereocenters. The number of hydrogen-bond donors (Lipinski definition) is 1. The molecular weight excluding hydrogens is 290 g/mol. The zero-order valence-corrected chi connectivity index (χ0v) is 13.0. The van der Waals surface area contributed by atoms with Gasteiger partial charge in [-0.05, 0) is 59.9 Å². The summed E-state index contributed by atoms with van der Waals surface area (Å²) in [7, 11) is 1.68. The van der Waals surface area contributed by atoms with Crippen LogP contribution in [0.25, 0.3) is 0 Å². The third-order valence-electron chi connectivity index (χ3n) is 2.89. The van der Waals surface area contributed by atoms with Crippen molar-refractivity contribution in [3.05, 3.63) is 40.4 Å². The summed E-state index contributed by atoms with van der Waals surface area (Å²) in [6.07, 6.45) is 2.11. The monoisotopic (exact) mass is 311 g/mol. The maximum atomic E-state index is 5.26. The van der Waals surface area contributed by atoms with E-state index in [1.807, 2.05) is 6.07 Å². The van der Waals surface area contributed by atoms with Gasteiger partial charge in [-0.2, -0.15) is 0 Å². The highest BCUT2D eigenvalue weighted by atomic mass is 79.9. The molecule has 0 aliphatic carbocycles. The predicted molar refractivity (Wildman–Crippen MR) is 81.2 cm³/mol. The molecule has 1 N–H and O–H groups in total. The molecule has 3 heteroatoms. The predicted octanol–water partition coefficient (Wildman–Crippen LogP) is 4.46. The lowest BCUT2D eigenvalue weighted by atomic mass is 10.00. The highest BCUT2D eigenvalue weighted by Gasteiger charge is 2.12. The van der Waals surface area contributed by atoms with Crippen molar-refractivity contribution in [3.63, 3.8) is 0 Å². The number of methoxy groups -OCH3 is 1. The minimum atomic E-state index is 0.369. The van der Waals surface area contributed by atoms with Crippen LogP contribution in [0.3, 0.4) is 0 Å². The fourth-order valence-electron chi connectivity index (χ4n) is 1.92. The normalized spacial score (nSPS) is 12.2. The molecule has 0 radical (unpaired) electrons. The lowest BCUT2D eigenvalue weighted by molar-refractivity contribution is 0.411. The van der Waals surface area contributed by atoms with Crippen LogP contribution in [-0.2, 0) is 0 Å². The second-order valence-corrected chi connectivity index (χ2v) is 5.35. The molecule has 0 bridgehead atoms. The molecule has 0 saturated heterocycles. The Morgan fingerprint density at radius 3 is 2.72 bits per heavy atom. The molecule has 1 aromatic rings. The number of rotatable bonds is 7. The van der Waals surface area contributed by atoms with Crippen LogP contribution in [0.1, 0.15) is 38.3 Å². The summed E-state index contributed by atoms with van der Waals surface area (Å²) in [5.74, 6) is 0.869. The zero-order valence-electron chi connectivity index (χ0n) is 11.4. The first-order valence-electron chi connectivity index (χ1n) is 6.29. The summed E-state index contributed by atoms with van der Waals surface area (Å²) < 4.78 is 6.26. The smallest absolute Gasteiger partial charge is 0.133 e. The third kappa shape index (κ3) is 4.46. The molecule has 0 aromatic heterocycles. The van der Waals surface area contributed by atoms with Crippen molar-refractivity contribution in [2.24, 2.45) is 0 Å². The van der Waals surface area contributed by atoms with Crippen LogP contribution in [0.5, 0.6) is 5.75 Å². The van der Waals surface area contributed by atoms with E-state index in [-0.39, 0.29) is 0 Å². The molecule has 0 aliphatic rings. The van der Waals surface area contributed by atoms with E-state index in [4.69, 9.17) is 4.74 Å². The minimum Gasteiger partial charge on any atom is -0.496 e. The molecule has 0 heterocycles. The SMILES string of the molecule is C=C(C)CCC(NCC)c1ccc(OC)c(Br)c1. The molecule has 100 valence electrons. The van der Waals surface area contributed by atoms with Crippen molar-refractivity contribution < 1.29 is 4.74 Å². The first kappa shape index (κ1) is 15.3. The van der Waals surface area contributed by atoms with Crippen LogP contribution >= 0.6 is 15.9 Å². The van der Waals surface area contributed by atoms with Gasteiger partial charge in [0.15, 0.2) is 0 Å². The highest BCUT2D eigenvalue weighted by Crippen LogP contribution is 2.29. The van der Waals surface area contributed by atoms with E-state index >= 15 is 0 Å². The second kappa shape index (κ2) is 7.59.